The summed E-state index contributed by atoms with van der Waals surface area (Å²) in [6.07, 6.45) is 1.38. The van der Waals surface area contributed by atoms with Crippen LogP contribution in [0.4, 0.5) is 10.5 Å². The lowest BCUT2D eigenvalue weighted by molar-refractivity contribution is 0.00695. The van der Waals surface area contributed by atoms with Crippen LogP contribution in [0.15, 0.2) is 24.3 Å². The van der Waals surface area contributed by atoms with Gasteiger partial charge in [-0.15, -0.1) is 0 Å². The monoisotopic (exact) mass is 321 g/mol. The van der Waals surface area contributed by atoms with Crippen LogP contribution in [0.25, 0.3) is 0 Å². The van der Waals surface area contributed by atoms with Crippen LogP contribution in [0.2, 0.25) is 0 Å². The molecule has 23 heavy (non-hydrogen) atoms. The van der Waals surface area contributed by atoms with E-state index < -0.39 is 17.7 Å². The van der Waals surface area contributed by atoms with Gasteiger partial charge in [-0.2, -0.15) is 0 Å². The first-order chi connectivity index (χ1) is 10.8. The van der Waals surface area contributed by atoms with Gasteiger partial charge in [-0.05, 0) is 57.9 Å². The van der Waals surface area contributed by atoms with Crippen LogP contribution in [0, 0.1) is 0 Å². The van der Waals surface area contributed by atoms with Gasteiger partial charge in [0.2, 0.25) is 0 Å². The highest BCUT2D eigenvalue weighted by molar-refractivity contribution is 5.91. The summed E-state index contributed by atoms with van der Waals surface area (Å²) in [7, 11) is 0. The number of esters is 1. The van der Waals surface area contributed by atoms with Crippen LogP contribution in [-0.2, 0) is 14.2 Å². The van der Waals surface area contributed by atoms with Crippen molar-refractivity contribution in [3.8, 4) is 0 Å². The van der Waals surface area contributed by atoms with E-state index >= 15 is 0 Å². The van der Waals surface area contributed by atoms with E-state index in [2.05, 4.69) is 5.32 Å². The van der Waals surface area contributed by atoms with Gasteiger partial charge in [-0.25, -0.2) is 9.59 Å². The van der Waals surface area contributed by atoms with Gasteiger partial charge in [0.15, 0.2) is 0 Å². The van der Waals surface area contributed by atoms with Crippen molar-refractivity contribution in [2.45, 2.75) is 45.3 Å². The Morgan fingerprint density at radius 3 is 2.52 bits per heavy atom. The Morgan fingerprint density at radius 1 is 1.26 bits per heavy atom. The number of carbonyl (C=O) groups is 2. The second kappa shape index (κ2) is 7.46. The molecule has 0 bridgehead atoms. The standard InChI is InChI=1S/C17H23NO5/c1-17(2,3)23-15(19)12-6-8-13(9-7-12)18-16(20)22-11-14-5-4-10-21-14/h6-9,14H,4-5,10-11H2,1-3H3,(H,18,20)/t14-/m0/s1. The van der Waals surface area contributed by atoms with Crippen molar-refractivity contribution in [1.29, 1.82) is 0 Å². The fourth-order valence-electron chi connectivity index (χ4n) is 2.13. The third-order valence-corrected chi connectivity index (χ3v) is 3.19. The first kappa shape index (κ1) is 17.3. The molecule has 1 fully saturated rings. The maximum Gasteiger partial charge on any atom is 0.411 e. The molecular weight excluding hydrogens is 298 g/mol. The predicted molar refractivity (Wildman–Crippen MR) is 85.6 cm³/mol. The minimum Gasteiger partial charge on any atom is -0.456 e. The largest absolute Gasteiger partial charge is 0.456 e. The predicted octanol–water partition coefficient (Wildman–Crippen LogP) is 3.37. The van der Waals surface area contributed by atoms with Crippen molar-refractivity contribution in [3.63, 3.8) is 0 Å². The molecule has 0 spiro atoms. The van der Waals surface area contributed by atoms with Gasteiger partial charge < -0.3 is 14.2 Å². The Morgan fingerprint density at radius 2 is 1.96 bits per heavy atom. The lowest BCUT2D eigenvalue weighted by atomic mass is 10.1. The third kappa shape index (κ3) is 5.90. The maximum atomic E-state index is 11.9. The quantitative estimate of drug-likeness (QED) is 0.861. The van der Waals surface area contributed by atoms with Crippen LogP contribution < -0.4 is 5.32 Å². The molecule has 1 aliphatic rings. The number of hydrogen-bond acceptors (Lipinski definition) is 5. The van der Waals surface area contributed by atoms with Gasteiger partial charge >= 0.3 is 12.1 Å². The van der Waals surface area contributed by atoms with Crippen molar-refractivity contribution in [1.82, 2.24) is 0 Å². The molecule has 0 aromatic heterocycles. The molecule has 0 aliphatic carbocycles. The summed E-state index contributed by atoms with van der Waals surface area (Å²) in [6, 6.07) is 6.46. The summed E-state index contributed by atoms with van der Waals surface area (Å²) in [5.74, 6) is -0.398. The number of rotatable bonds is 4. The summed E-state index contributed by atoms with van der Waals surface area (Å²) in [4.78, 5) is 23.6. The summed E-state index contributed by atoms with van der Waals surface area (Å²) in [5.41, 5.74) is 0.438. The molecule has 1 aromatic rings. The molecule has 0 unspecified atom stereocenters. The lowest BCUT2D eigenvalue weighted by Crippen LogP contribution is -2.24. The molecule has 1 N–H and O–H groups in total. The lowest BCUT2D eigenvalue weighted by Gasteiger charge is -2.19. The fraction of sp³-hybridized carbons (Fsp3) is 0.529. The number of ether oxygens (including phenoxy) is 3. The number of anilines is 1. The molecule has 1 amide bonds. The fourth-order valence-corrected chi connectivity index (χ4v) is 2.13. The zero-order chi connectivity index (χ0) is 16.9. The van der Waals surface area contributed by atoms with E-state index in [4.69, 9.17) is 14.2 Å². The van der Waals surface area contributed by atoms with Crippen LogP contribution >= 0.6 is 0 Å². The summed E-state index contributed by atoms with van der Waals surface area (Å²) < 4.78 is 15.8. The van der Waals surface area contributed by atoms with Crippen LogP contribution in [0.3, 0.4) is 0 Å². The van der Waals surface area contributed by atoms with E-state index in [0.717, 1.165) is 19.4 Å². The second-order valence-corrected chi connectivity index (χ2v) is 6.44. The Kier molecular flexibility index (Phi) is 5.60. The van der Waals surface area contributed by atoms with Gasteiger partial charge in [0.05, 0.1) is 11.7 Å². The molecule has 0 radical (unpaired) electrons. The van der Waals surface area contributed by atoms with Crippen molar-refractivity contribution >= 4 is 17.7 Å². The van der Waals surface area contributed by atoms with Crippen molar-refractivity contribution in [2.24, 2.45) is 0 Å². The van der Waals surface area contributed by atoms with Crippen LogP contribution in [-0.4, -0.2) is 37.0 Å². The Labute approximate surface area is 136 Å². The number of benzene rings is 1. The summed E-state index contributed by atoms with van der Waals surface area (Å²) >= 11 is 0. The van der Waals surface area contributed by atoms with E-state index in [0.29, 0.717) is 11.3 Å². The van der Waals surface area contributed by atoms with E-state index in [1.165, 1.54) is 0 Å². The van der Waals surface area contributed by atoms with Gasteiger partial charge in [0.1, 0.15) is 12.2 Å². The number of nitrogens with one attached hydrogen (secondary N) is 1. The average molecular weight is 321 g/mol. The second-order valence-electron chi connectivity index (χ2n) is 6.44. The minimum atomic E-state index is -0.542. The van der Waals surface area contributed by atoms with Crippen LogP contribution in [0.1, 0.15) is 44.0 Å². The molecular formula is C17H23NO5. The minimum absolute atomic E-state index is 0.00436. The zero-order valence-corrected chi connectivity index (χ0v) is 13.8. The topological polar surface area (TPSA) is 73.9 Å². The molecule has 6 heteroatoms. The SMILES string of the molecule is CC(C)(C)OC(=O)c1ccc(NC(=O)OC[C@@H]2CCCO2)cc1. The zero-order valence-electron chi connectivity index (χ0n) is 13.8. The van der Waals surface area contributed by atoms with Gasteiger partial charge in [-0.1, -0.05) is 0 Å². The van der Waals surface area contributed by atoms with Gasteiger partial charge in [0.25, 0.3) is 0 Å². The highest BCUT2D eigenvalue weighted by atomic mass is 16.6. The Hall–Kier alpha value is -2.08. The van der Waals surface area contributed by atoms with E-state index in [1.807, 2.05) is 20.8 Å². The van der Waals surface area contributed by atoms with Crippen molar-refractivity contribution in [2.75, 3.05) is 18.5 Å². The van der Waals surface area contributed by atoms with Crippen molar-refractivity contribution < 1.29 is 23.8 Å². The van der Waals surface area contributed by atoms with E-state index in [9.17, 15) is 9.59 Å². The normalized spacial score (nSPS) is 17.6. The van der Waals surface area contributed by atoms with Gasteiger partial charge in [0, 0.05) is 12.3 Å². The summed E-state index contributed by atoms with van der Waals surface area (Å²) in [6.45, 7) is 6.41. The molecule has 6 nitrogen and oxygen atoms in total. The van der Waals surface area contributed by atoms with Crippen LogP contribution in [0.5, 0.6) is 0 Å². The molecule has 1 aliphatic heterocycles. The molecule has 1 heterocycles. The number of amides is 1. The molecule has 1 aromatic carbocycles. The Balaban J connectivity index is 1.82. The maximum absolute atomic E-state index is 11.9. The number of hydrogen-bond donors (Lipinski definition) is 1. The molecule has 1 saturated heterocycles. The highest BCUT2D eigenvalue weighted by Gasteiger charge is 2.19. The summed E-state index contributed by atoms with van der Waals surface area (Å²) in [5, 5.41) is 2.61. The third-order valence-electron chi connectivity index (χ3n) is 3.19. The molecule has 0 saturated carbocycles. The first-order valence-corrected chi connectivity index (χ1v) is 7.72. The van der Waals surface area contributed by atoms with E-state index in [1.54, 1.807) is 24.3 Å². The molecule has 126 valence electrons. The van der Waals surface area contributed by atoms with Crippen molar-refractivity contribution in [3.05, 3.63) is 29.8 Å². The Bertz CT molecular complexity index is 541. The molecule has 2 rings (SSSR count). The average Bonchev–Trinajstić information content (AvgIpc) is 2.97. The smallest absolute Gasteiger partial charge is 0.411 e. The van der Waals surface area contributed by atoms with E-state index in [-0.39, 0.29) is 12.7 Å². The van der Waals surface area contributed by atoms with Gasteiger partial charge in [-0.3, -0.25) is 5.32 Å². The molecule has 1 atom stereocenters. The highest BCUT2D eigenvalue weighted by Crippen LogP contribution is 2.16. The number of carbonyl (C=O) groups excluding carboxylic acids is 2. The first-order valence-electron chi connectivity index (χ1n) is 7.72.